The van der Waals surface area contributed by atoms with Gasteiger partial charge in [0.15, 0.2) is 0 Å². The number of hydrogen-bond donors (Lipinski definition) is 1. The molecule has 0 spiro atoms. The van der Waals surface area contributed by atoms with Crippen molar-refractivity contribution in [2.45, 2.75) is 6.54 Å². The maximum absolute atomic E-state index is 6.10. The van der Waals surface area contributed by atoms with E-state index in [1.54, 1.807) is 7.11 Å². The maximum Gasteiger partial charge on any atom is 0.138 e. The highest BCUT2D eigenvalue weighted by Crippen LogP contribution is 2.26. The molecule has 1 rings (SSSR count). The first kappa shape index (κ1) is 15.3. The van der Waals surface area contributed by atoms with Gasteiger partial charge in [-0.2, -0.15) is 0 Å². The van der Waals surface area contributed by atoms with Gasteiger partial charge in [0, 0.05) is 25.2 Å². The lowest BCUT2D eigenvalue weighted by Crippen LogP contribution is -2.18. The van der Waals surface area contributed by atoms with Crippen molar-refractivity contribution in [3.8, 4) is 5.75 Å². The van der Waals surface area contributed by atoms with E-state index in [1.165, 1.54) is 0 Å². The van der Waals surface area contributed by atoms with Crippen LogP contribution in [0.5, 0.6) is 5.75 Å². The van der Waals surface area contributed by atoms with Gasteiger partial charge >= 0.3 is 0 Å². The number of ether oxygens (including phenoxy) is 2. The molecule has 0 aliphatic rings. The second kappa shape index (κ2) is 8.38. The molecule has 0 aromatic heterocycles. The van der Waals surface area contributed by atoms with E-state index in [2.05, 4.69) is 11.9 Å². The third-order valence-electron chi connectivity index (χ3n) is 2.19. The predicted octanol–water partition coefficient (Wildman–Crippen LogP) is 3.21. The van der Waals surface area contributed by atoms with E-state index in [0.717, 1.165) is 18.7 Å². The van der Waals surface area contributed by atoms with E-state index < -0.39 is 0 Å². The van der Waals surface area contributed by atoms with Gasteiger partial charge in [0.1, 0.15) is 12.4 Å². The SMILES string of the molecule is C=C(Cl)COc1ccc(CNCCOC)cc1Cl. The third-order valence-corrected chi connectivity index (χ3v) is 2.60. The fourth-order valence-electron chi connectivity index (χ4n) is 1.33. The fourth-order valence-corrected chi connectivity index (χ4v) is 1.65. The first-order chi connectivity index (χ1) is 8.63. The summed E-state index contributed by atoms with van der Waals surface area (Å²) in [6.45, 7) is 6.04. The fraction of sp³-hybridized carbons (Fsp3) is 0.385. The van der Waals surface area contributed by atoms with Gasteiger partial charge in [-0.3, -0.25) is 0 Å². The lowest BCUT2D eigenvalue weighted by Gasteiger charge is -2.09. The summed E-state index contributed by atoms with van der Waals surface area (Å²) in [5.74, 6) is 0.610. The first-order valence-corrected chi connectivity index (χ1v) is 6.33. The highest BCUT2D eigenvalue weighted by atomic mass is 35.5. The van der Waals surface area contributed by atoms with Crippen LogP contribution in [0.2, 0.25) is 5.02 Å². The molecule has 0 radical (unpaired) electrons. The standard InChI is InChI=1S/C13H17Cl2NO2/c1-10(14)9-18-13-4-3-11(7-12(13)15)8-16-5-6-17-2/h3-4,7,16H,1,5-6,8-9H2,2H3. The van der Waals surface area contributed by atoms with Crippen molar-refractivity contribution in [2.24, 2.45) is 0 Å². The highest BCUT2D eigenvalue weighted by molar-refractivity contribution is 6.32. The van der Waals surface area contributed by atoms with Crippen LogP contribution >= 0.6 is 23.2 Å². The average Bonchev–Trinajstić information content (AvgIpc) is 2.33. The van der Waals surface area contributed by atoms with Crippen LogP contribution < -0.4 is 10.1 Å². The van der Waals surface area contributed by atoms with Crippen molar-refractivity contribution >= 4 is 23.2 Å². The van der Waals surface area contributed by atoms with Crippen LogP contribution in [0.25, 0.3) is 0 Å². The molecule has 1 N–H and O–H groups in total. The van der Waals surface area contributed by atoms with Gasteiger partial charge in [-0.1, -0.05) is 35.8 Å². The molecule has 0 aliphatic carbocycles. The molecule has 5 heteroatoms. The van der Waals surface area contributed by atoms with Crippen LogP contribution in [-0.4, -0.2) is 26.9 Å². The predicted molar refractivity (Wildman–Crippen MR) is 75.5 cm³/mol. The molecule has 3 nitrogen and oxygen atoms in total. The van der Waals surface area contributed by atoms with Crippen LogP contribution in [0.1, 0.15) is 5.56 Å². The zero-order valence-electron chi connectivity index (χ0n) is 10.3. The minimum atomic E-state index is 0.257. The molecule has 0 aliphatic heterocycles. The lowest BCUT2D eigenvalue weighted by molar-refractivity contribution is 0.199. The monoisotopic (exact) mass is 289 g/mol. The summed E-state index contributed by atoms with van der Waals surface area (Å²) in [5, 5.41) is 4.25. The van der Waals surface area contributed by atoms with E-state index in [9.17, 15) is 0 Å². The van der Waals surface area contributed by atoms with Crippen molar-refractivity contribution in [1.29, 1.82) is 0 Å². The third kappa shape index (κ3) is 5.74. The summed E-state index contributed by atoms with van der Waals surface area (Å²) < 4.78 is 10.3. The Kier molecular flexibility index (Phi) is 7.13. The molecular weight excluding hydrogens is 273 g/mol. The van der Waals surface area contributed by atoms with Crippen LogP contribution in [0, 0.1) is 0 Å². The second-order valence-corrected chi connectivity index (χ2v) is 4.68. The first-order valence-electron chi connectivity index (χ1n) is 5.57. The van der Waals surface area contributed by atoms with Gasteiger partial charge < -0.3 is 14.8 Å². The summed E-state index contributed by atoms with van der Waals surface area (Å²) in [6.07, 6.45) is 0. The Bertz CT molecular complexity index is 397. The molecule has 0 saturated carbocycles. The van der Waals surface area contributed by atoms with Gasteiger partial charge in [0.05, 0.1) is 11.6 Å². The molecule has 0 bridgehead atoms. The number of halogens is 2. The van der Waals surface area contributed by atoms with Crippen molar-refractivity contribution in [3.05, 3.63) is 40.4 Å². The minimum absolute atomic E-state index is 0.257. The zero-order chi connectivity index (χ0) is 13.4. The molecule has 0 atom stereocenters. The number of methoxy groups -OCH3 is 1. The number of hydrogen-bond acceptors (Lipinski definition) is 3. The second-order valence-electron chi connectivity index (χ2n) is 3.74. The summed E-state index contributed by atoms with van der Waals surface area (Å²) in [6, 6.07) is 5.65. The van der Waals surface area contributed by atoms with Crippen molar-refractivity contribution in [3.63, 3.8) is 0 Å². The molecule has 1 aromatic carbocycles. The molecule has 0 saturated heterocycles. The van der Waals surface area contributed by atoms with Gasteiger partial charge in [-0.25, -0.2) is 0 Å². The van der Waals surface area contributed by atoms with Gasteiger partial charge in [-0.05, 0) is 17.7 Å². The van der Waals surface area contributed by atoms with Crippen LogP contribution in [0.3, 0.4) is 0 Å². The van der Waals surface area contributed by atoms with Crippen LogP contribution in [0.4, 0.5) is 0 Å². The van der Waals surface area contributed by atoms with Gasteiger partial charge in [-0.15, -0.1) is 0 Å². The molecule has 18 heavy (non-hydrogen) atoms. The van der Waals surface area contributed by atoms with Crippen molar-refractivity contribution in [1.82, 2.24) is 5.32 Å². The zero-order valence-corrected chi connectivity index (χ0v) is 11.9. The minimum Gasteiger partial charge on any atom is -0.486 e. The molecule has 0 heterocycles. The average molecular weight is 290 g/mol. The molecule has 100 valence electrons. The smallest absolute Gasteiger partial charge is 0.138 e. The highest BCUT2D eigenvalue weighted by Gasteiger charge is 2.03. The number of rotatable bonds is 8. The van der Waals surface area contributed by atoms with Crippen molar-refractivity contribution in [2.75, 3.05) is 26.9 Å². The molecule has 0 unspecified atom stereocenters. The molecule has 1 aromatic rings. The lowest BCUT2D eigenvalue weighted by atomic mass is 10.2. The quantitative estimate of drug-likeness (QED) is 0.746. The Morgan fingerprint density at radius 3 is 2.83 bits per heavy atom. The molecular formula is C13H17Cl2NO2. The van der Waals surface area contributed by atoms with Crippen LogP contribution in [0.15, 0.2) is 29.8 Å². The van der Waals surface area contributed by atoms with Crippen molar-refractivity contribution < 1.29 is 9.47 Å². The Morgan fingerprint density at radius 1 is 1.44 bits per heavy atom. The molecule has 0 fully saturated rings. The number of benzene rings is 1. The summed E-state index contributed by atoms with van der Waals surface area (Å²) in [4.78, 5) is 0. The summed E-state index contributed by atoms with van der Waals surface area (Å²) in [7, 11) is 1.68. The summed E-state index contributed by atoms with van der Waals surface area (Å²) >= 11 is 11.7. The Balaban J connectivity index is 2.48. The van der Waals surface area contributed by atoms with E-state index >= 15 is 0 Å². The van der Waals surface area contributed by atoms with E-state index in [1.807, 2.05) is 18.2 Å². The Labute approximate surface area is 118 Å². The Hall–Kier alpha value is -0.740. The summed E-state index contributed by atoms with van der Waals surface area (Å²) in [5.41, 5.74) is 1.09. The topological polar surface area (TPSA) is 30.5 Å². The van der Waals surface area contributed by atoms with Gasteiger partial charge in [0.25, 0.3) is 0 Å². The number of nitrogens with one attached hydrogen (secondary N) is 1. The largest absolute Gasteiger partial charge is 0.486 e. The molecule has 0 amide bonds. The maximum atomic E-state index is 6.10. The Morgan fingerprint density at radius 2 is 2.22 bits per heavy atom. The van der Waals surface area contributed by atoms with E-state index in [-0.39, 0.29) is 6.61 Å². The van der Waals surface area contributed by atoms with Crippen LogP contribution in [-0.2, 0) is 11.3 Å². The normalized spacial score (nSPS) is 10.4. The van der Waals surface area contributed by atoms with Gasteiger partial charge in [0.2, 0.25) is 0 Å². The van der Waals surface area contributed by atoms with E-state index in [0.29, 0.717) is 22.4 Å². The van der Waals surface area contributed by atoms with E-state index in [4.69, 9.17) is 32.7 Å².